The molecule has 0 fully saturated rings. The van der Waals surface area contributed by atoms with E-state index in [1.807, 2.05) is 37.4 Å². The Balaban J connectivity index is 1.86. The SMILES string of the molecule is CNC(c1ccc(F)c(C)c1)C1COc2ccccc2C1. The van der Waals surface area contributed by atoms with Crippen LogP contribution in [0.1, 0.15) is 22.7 Å². The Kier molecular flexibility index (Phi) is 3.93. The van der Waals surface area contributed by atoms with Gasteiger partial charge in [-0.3, -0.25) is 0 Å². The first-order valence-electron chi connectivity index (χ1n) is 7.33. The fraction of sp³-hybridized carbons (Fsp3) is 0.333. The van der Waals surface area contributed by atoms with Crippen molar-refractivity contribution >= 4 is 0 Å². The first-order valence-corrected chi connectivity index (χ1v) is 7.33. The molecule has 2 unspecified atom stereocenters. The summed E-state index contributed by atoms with van der Waals surface area (Å²) in [5.41, 5.74) is 3.04. The van der Waals surface area contributed by atoms with Gasteiger partial charge in [0.1, 0.15) is 11.6 Å². The zero-order chi connectivity index (χ0) is 14.8. The van der Waals surface area contributed by atoms with E-state index in [1.54, 1.807) is 13.0 Å². The number of ether oxygens (including phenoxy) is 1. The maximum Gasteiger partial charge on any atom is 0.126 e. The number of rotatable bonds is 3. The highest BCUT2D eigenvalue weighted by Crippen LogP contribution is 2.33. The molecule has 3 rings (SSSR count). The summed E-state index contributed by atoms with van der Waals surface area (Å²) in [5.74, 6) is 1.17. The molecule has 3 heteroatoms. The van der Waals surface area contributed by atoms with Gasteiger partial charge in [0.15, 0.2) is 0 Å². The summed E-state index contributed by atoms with van der Waals surface area (Å²) in [6.45, 7) is 2.48. The van der Waals surface area contributed by atoms with Crippen molar-refractivity contribution in [3.8, 4) is 5.75 Å². The minimum atomic E-state index is -0.154. The summed E-state index contributed by atoms with van der Waals surface area (Å²) in [5, 5.41) is 3.36. The van der Waals surface area contributed by atoms with Gasteiger partial charge in [-0.2, -0.15) is 0 Å². The van der Waals surface area contributed by atoms with Gasteiger partial charge in [-0.25, -0.2) is 4.39 Å². The Hall–Kier alpha value is -1.87. The first-order chi connectivity index (χ1) is 10.2. The lowest BCUT2D eigenvalue weighted by atomic mass is 9.86. The topological polar surface area (TPSA) is 21.3 Å². The molecule has 1 aliphatic rings. The van der Waals surface area contributed by atoms with Gasteiger partial charge in [0.05, 0.1) is 6.61 Å². The van der Waals surface area contributed by atoms with E-state index >= 15 is 0 Å². The second-order valence-corrected chi connectivity index (χ2v) is 5.66. The predicted molar refractivity (Wildman–Crippen MR) is 82.1 cm³/mol. The molecule has 0 aliphatic carbocycles. The van der Waals surface area contributed by atoms with E-state index < -0.39 is 0 Å². The second kappa shape index (κ2) is 5.86. The Bertz CT molecular complexity index is 641. The Morgan fingerprint density at radius 2 is 2.05 bits per heavy atom. The number of para-hydroxylation sites is 1. The quantitative estimate of drug-likeness (QED) is 0.929. The maximum atomic E-state index is 13.5. The molecule has 0 saturated carbocycles. The molecule has 0 aromatic heterocycles. The van der Waals surface area contributed by atoms with Crippen molar-refractivity contribution in [2.45, 2.75) is 19.4 Å². The fourth-order valence-electron chi connectivity index (χ4n) is 3.10. The van der Waals surface area contributed by atoms with Crippen LogP contribution in [0.3, 0.4) is 0 Å². The van der Waals surface area contributed by atoms with Crippen LogP contribution in [-0.4, -0.2) is 13.7 Å². The molecular weight excluding hydrogens is 265 g/mol. The van der Waals surface area contributed by atoms with Crippen LogP contribution < -0.4 is 10.1 Å². The summed E-state index contributed by atoms with van der Waals surface area (Å²) in [6.07, 6.45) is 0.970. The van der Waals surface area contributed by atoms with E-state index in [-0.39, 0.29) is 11.9 Å². The molecule has 1 aliphatic heterocycles. The molecule has 0 radical (unpaired) electrons. The van der Waals surface area contributed by atoms with Crippen molar-refractivity contribution in [2.75, 3.05) is 13.7 Å². The smallest absolute Gasteiger partial charge is 0.126 e. The van der Waals surface area contributed by atoms with Gasteiger partial charge < -0.3 is 10.1 Å². The molecular formula is C18H20FNO. The van der Waals surface area contributed by atoms with Crippen LogP contribution in [-0.2, 0) is 6.42 Å². The third-order valence-corrected chi connectivity index (χ3v) is 4.23. The van der Waals surface area contributed by atoms with Gasteiger partial charge in [-0.05, 0) is 49.2 Å². The Morgan fingerprint density at radius 1 is 1.24 bits per heavy atom. The monoisotopic (exact) mass is 285 g/mol. The molecule has 1 heterocycles. The summed E-state index contributed by atoms with van der Waals surface area (Å²) in [7, 11) is 1.95. The number of nitrogens with one attached hydrogen (secondary N) is 1. The van der Waals surface area contributed by atoms with Gasteiger partial charge in [-0.1, -0.05) is 30.3 Å². The first kappa shape index (κ1) is 14.1. The van der Waals surface area contributed by atoms with E-state index in [0.717, 1.165) is 17.7 Å². The highest BCUT2D eigenvalue weighted by molar-refractivity contribution is 5.36. The number of benzene rings is 2. The lowest BCUT2D eigenvalue weighted by Gasteiger charge is -2.32. The van der Waals surface area contributed by atoms with Crippen molar-refractivity contribution in [1.82, 2.24) is 5.32 Å². The number of hydrogen-bond acceptors (Lipinski definition) is 2. The van der Waals surface area contributed by atoms with E-state index in [2.05, 4.69) is 11.4 Å². The summed E-state index contributed by atoms with van der Waals surface area (Å²) in [4.78, 5) is 0. The molecule has 2 nitrogen and oxygen atoms in total. The normalized spacial score (nSPS) is 18.7. The lowest BCUT2D eigenvalue weighted by molar-refractivity contribution is 0.188. The van der Waals surface area contributed by atoms with Crippen LogP contribution >= 0.6 is 0 Å². The third kappa shape index (κ3) is 2.79. The average Bonchev–Trinajstić information content (AvgIpc) is 2.51. The summed E-state index contributed by atoms with van der Waals surface area (Å²) in [6, 6.07) is 13.7. The number of hydrogen-bond donors (Lipinski definition) is 1. The number of halogens is 1. The van der Waals surface area contributed by atoms with Crippen molar-refractivity contribution in [1.29, 1.82) is 0 Å². The Morgan fingerprint density at radius 3 is 2.81 bits per heavy atom. The van der Waals surface area contributed by atoms with Crippen LogP contribution in [0.4, 0.5) is 4.39 Å². The van der Waals surface area contributed by atoms with E-state index in [0.29, 0.717) is 18.1 Å². The summed E-state index contributed by atoms with van der Waals surface area (Å²) < 4.78 is 19.3. The van der Waals surface area contributed by atoms with Gasteiger partial charge in [0, 0.05) is 12.0 Å². The van der Waals surface area contributed by atoms with Crippen LogP contribution in [0.2, 0.25) is 0 Å². The Labute approximate surface area is 125 Å². The molecule has 21 heavy (non-hydrogen) atoms. The summed E-state index contributed by atoms with van der Waals surface area (Å²) >= 11 is 0. The zero-order valence-corrected chi connectivity index (χ0v) is 12.4. The van der Waals surface area contributed by atoms with Crippen LogP contribution in [0.25, 0.3) is 0 Å². The molecule has 0 bridgehead atoms. The zero-order valence-electron chi connectivity index (χ0n) is 12.4. The predicted octanol–water partition coefficient (Wildman–Crippen LogP) is 3.65. The maximum absolute atomic E-state index is 13.5. The minimum absolute atomic E-state index is 0.154. The molecule has 2 atom stereocenters. The standard InChI is InChI=1S/C18H20FNO/c1-12-9-14(7-8-16(12)19)18(20-2)15-10-13-5-3-4-6-17(13)21-11-15/h3-9,15,18,20H,10-11H2,1-2H3. The van der Waals surface area contributed by atoms with E-state index in [1.165, 1.54) is 5.56 Å². The highest BCUT2D eigenvalue weighted by atomic mass is 19.1. The third-order valence-electron chi connectivity index (χ3n) is 4.23. The highest BCUT2D eigenvalue weighted by Gasteiger charge is 2.27. The number of fused-ring (bicyclic) bond motifs is 1. The largest absolute Gasteiger partial charge is 0.493 e. The van der Waals surface area contributed by atoms with Crippen molar-refractivity contribution in [3.05, 3.63) is 65.0 Å². The molecule has 2 aromatic carbocycles. The van der Waals surface area contributed by atoms with Gasteiger partial charge in [0.2, 0.25) is 0 Å². The second-order valence-electron chi connectivity index (χ2n) is 5.66. The minimum Gasteiger partial charge on any atom is -0.493 e. The molecule has 0 spiro atoms. The van der Waals surface area contributed by atoms with Gasteiger partial charge in [-0.15, -0.1) is 0 Å². The van der Waals surface area contributed by atoms with Crippen LogP contribution in [0.15, 0.2) is 42.5 Å². The molecule has 0 amide bonds. The number of aryl methyl sites for hydroxylation is 1. The molecule has 1 N–H and O–H groups in total. The molecule has 110 valence electrons. The van der Waals surface area contributed by atoms with Crippen molar-refractivity contribution < 1.29 is 9.13 Å². The van der Waals surface area contributed by atoms with E-state index in [4.69, 9.17) is 4.74 Å². The molecule has 2 aromatic rings. The van der Waals surface area contributed by atoms with Gasteiger partial charge in [0.25, 0.3) is 0 Å². The lowest BCUT2D eigenvalue weighted by Crippen LogP contribution is -2.33. The van der Waals surface area contributed by atoms with Crippen molar-refractivity contribution in [2.24, 2.45) is 5.92 Å². The van der Waals surface area contributed by atoms with Gasteiger partial charge >= 0.3 is 0 Å². The van der Waals surface area contributed by atoms with Crippen LogP contribution in [0, 0.1) is 18.7 Å². The van der Waals surface area contributed by atoms with E-state index in [9.17, 15) is 4.39 Å². The molecule has 0 saturated heterocycles. The fourth-order valence-corrected chi connectivity index (χ4v) is 3.10. The average molecular weight is 285 g/mol. The van der Waals surface area contributed by atoms with Crippen LogP contribution in [0.5, 0.6) is 5.75 Å². The van der Waals surface area contributed by atoms with Crippen molar-refractivity contribution in [3.63, 3.8) is 0 Å².